The standard InChI is InChI=1S/C32H25N3O/c33-19-25(20-34)28(23-15-16-23)30-27-18-17-21-9-7-8-14-26(21)35(27)31(29(30)22-10-3-1-4-11-22)32(36)24-12-5-2-6-13-24/h1-14,17-18,23,27,29-31H,15-16H2/t27-,29+,30-,31-/m1/s1. The lowest BCUT2D eigenvalue weighted by Crippen LogP contribution is -2.43. The summed E-state index contributed by atoms with van der Waals surface area (Å²) in [6.45, 7) is 0. The van der Waals surface area contributed by atoms with Gasteiger partial charge in [0, 0.05) is 23.1 Å². The minimum Gasteiger partial charge on any atom is -0.353 e. The van der Waals surface area contributed by atoms with Crippen LogP contribution in [0.5, 0.6) is 0 Å². The fourth-order valence-corrected chi connectivity index (χ4v) is 6.23. The fourth-order valence-electron chi connectivity index (χ4n) is 6.23. The Morgan fingerprint density at radius 2 is 1.47 bits per heavy atom. The number of allylic oxidation sites excluding steroid dienone is 1. The Bertz CT molecular complexity index is 1440. The van der Waals surface area contributed by atoms with Crippen LogP contribution >= 0.6 is 0 Å². The second-order valence-electron chi connectivity index (χ2n) is 9.78. The van der Waals surface area contributed by atoms with E-state index in [-0.39, 0.29) is 35.2 Å². The van der Waals surface area contributed by atoms with Crippen LogP contribution in [0.1, 0.15) is 40.2 Å². The van der Waals surface area contributed by atoms with Gasteiger partial charge in [-0.15, -0.1) is 0 Å². The first kappa shape index (κ1) is 22.1. The first-order chi connectivity index (χ1) is 17.7. The summed E-state index contributed by atoms with van der Waals surface area (Å²) >= 11 is 0. The molecule has 174 valence electrons. The van der Waals surface area contributed by atoms with Crippen LogP contribution in [0.3, 0.4) is 0 Å². The van der Waals surface area contributed by atoms with Crippen LogP contribution in [-0.2, 0) is 0 Å². The van der Waals surface area contributed by atoms with E-state index >= 15 is 0 Å². The number of hydrogen-bond acceptors (Lipinski definition) is 4. The third-order valence-electron chi connectivity index (χ3n) is 7.80. The molecule has 0 N–H and O–H groups in total. The SMILES string of the molecule is N#CC(C#N)=C(C1CC1)[C@@H]1[C@H](c2ccccc2)[C@H](C(=O)c2ccccc2)N2c3ccccc3C=C[C@H]12. The minimum atomic E-state index is -0.469. The summed E-state index contributed by atoms with van der Waals surface area (Å²) in [6, 6.07) is 31.6. The lowest BCUT2D eigenvalue weighted by Gasteiger charge is -2.36. The zero-order valence-electron chi connectivity index (χ0n) is 19.8. The maximum absolute atomic E-state index is 14.3. The van der Waals surface area contributed by atoms with Crippen molar-refractivity contribution >= 4 is 17.5 Å². The van der Waals surface area contributed by atoms with Gasteiger partial charge in [0.15, 0.2) is 5.78 Å². The van der Waals surface area contributed by atoms with Gasteiger partial charge in [-0.05, 0) is 41.5 Å². The van der Waals surface area contributed by atoms with E-state index in [9.17, 15) is 15.3 Å². The van der Waals surface area contributed by atoms with Gasteiger partial charge in [0.2, 0.25) is 0 Å². The molecule has 0 aromatic heterocycles. The van der Waals surface area contributed by atoms with Crippen LogP contribution in [0.4, 0.5) is 5.69 Å². The van der Waals surface area contributed by atoms with Gasteiger partial charge in [-0.3, -0.25) is 4.79 Å². The van der Waals surface area contributed by atoms with Crippen molar-refractivity contribution in [3.8, 4) is 12.1 Å². The van der Waals surface area contributed by atoms with Gasteiger partial charge >= 0.3 is 0 Å². The maximum Gasteiger partial charge on any atom is 0.185 e. The van der Waals surface area contributed by atoms with Gasteiger partial charge in [0.05, 0.1) is 6.04 Å². The third kappa shape index (κ3) is 3.55. The predicted octanol–water partition coefficient (Wildman–Crippen LogP) is 6.31. The van der Waals surface area contributed by atoms with Crippen molar-refractivity contribution in [3.63, 3.8) is 0 Å². The van der Waals surface area contributed by atoms with Crippen molar-refractivity contribution < 1.29 is 4.79 Å². The molecule has 2 aliphatic heterocycles. The Morgan fingerprint density at radius 3 is 2.14 bits per heavy atom. The van der Waals surface area contributed by atoms with E-state index in [1.807, 2.05) is 60.7 Å². The molecule has 2 heterocycles. The number of benzene rings is 3. The molecule has 3 aromatic rings. The smallest absolute Gasteiger partial charge is 0.185 e. The molecule has 1 saturated heterocycles. The molecule has 6 rings (SSSR count). The quantitative estimate of drug-likeness (QED) is 0.326. The molecule has 36 heavy (non-hydrogen) atoms. The maximum atomic E-state index is 14.3. The number of Topliss-reactive ketones (excluding diaryl/α,β-unsaturated/α-hetero) is 1. The normalized spacial score (nSPS) is 23.7. The number of nitriles is 2. The van der Waals surface area contributed by atoms with Crippen LogP contribution in [0.25, 0.3) is 6.08 Å². The number of carbonyl (C=O) groups is 1. The molecule has 0 radical (unpaired) electrons. The Labute approximate surface area is 211 Å². The average molecular weight is 468 g/mol. The van der Waals surface area contributed by atoms with E-state index in [2.05, 4.69) is 53.5 Å². The second kappa shape index (κ2) is 8.99. The molecule has 4 atom stereocenters. The minimum absolute atomic E-state index is 0.0627. The van der Waals surface area contributed by atoms with Gasteiger partial charge in [-0.2, -0.15) is 10.5 Å². The number of para-hydroxylation sites is 1. The van der Waals surface area contributed by atoms with Crippen molar-refractivity contribution in [2.75, 3.05) is 4.90 Å². The molecule has 0 bridgehead atoms. The monoisotopic (exact) mass is 467 g/mol. The van der Waals surface area contributed by atoms with Crippen molar-refractivity contribution in [2.45, 2.75) is 30.8 Å². The number of rotatable bonds is 5. The molecule has 0 unspecified atom stereocenters. The first-order valence-electron chi connectivity index (χ1n) is 12.5. The van der Waals surface area contributed by atoms with Gasteiger partial charge in [-0.1, -0.05) is 91.0 Å². The number of nitrogens with zero attached hydrogens (tertiary/aromatic N) is 3. The van der Waals surface area contributed by atoms with Crippen LogP contribution in [0.2, 0.25) is 0 Å². The van der Waals surface area contributed by atoms with Crippen LogP contribution in [0, 0.1) is 34.5 Å². The molecular formula is C32H25N3O. The number of carbonyl (C=O) groups excluding carboxylic acids is 1. The molecular weight excluding hydrogens is 442 g/mol. The first-order valence-corrected chi connectivity index (χ1v) is 12.5. The highest BCUT2D eigenvalue weighted by Gasteiger charge is 2.56. The summed E-state index contributed by atoms with van der Waals surface area (Å²) in [6.07, 6.45) is 6.26. The molecule has 1 aliphatic carbocycles. The van der Waals surface area contributed by atoms with Crippen LogP contribution in [0.15, 0.2) is 102 Å². The second-order valence-corrected chi connectivity index (χ2v) is 9.78. The molecule has 3 aliphatic rings. The van der Waals surface area contributed by atoms with Gasteiger partial charge in [0.25, 0.3) is 0 Å². The molecule has 0 spiro atoms. The lowest BCUT2D eigenvalue weighted by molar-refractivity contribution is 0.0952. The topological polar surface area (TPSA) is 67.9 Å². The fraction of sp³-hybridized carbons (Fsp3) is 0.219. The van der Waals surface area contributed by atoms with Crippen molar-refractivity contribution in [1.82, 2.24) is 0 Å². The van der Waals surface area contributed by atoms with Crippen LogP contribution < -0.4 is 4.90 Å². The summed E-state index contributed by atoms with van der Waals surface area (Å²) in [5, 5.41) is 19.9. The molecule has 2 fully saturated rings. The number of fused-ring (bicyclic) bond motifs is 3. The van der Waals surface area contributed by atoms with Crippen LogP contribution in [-0.4, -0.2) is 17.9 Å². The van der Waals surface area contributed by atoms with E-state index in [0.717, 1.165) is 35.2 Å². The Balaban J connectivity index is 1.63. The largest absolute Gasteiger partial charge is 0.353 e. The summed E-state index contributed by atoms with van der Waals surface area (Å²) in [5.74, 6) is -0.0790. The van der Waals surface area contributed by atoms with E-state index in [1.165, 1.54) is 0 Å². The van der Waals surface area contributed by atoms with E-state index in [0.29, 0.717) is 5.56 Å². The van der Waals surface area contributed by atoms with Gasteiger partial charge < -0.3 is 4.90 Å². The predicted molar refractivity (Wildman–Crippen MR) is 140 cm³/mol. The summed E-state index contributed by atoms with van der Waals surface area (Å²) in [7, 11) is 0. The molecule has 4 heteroatoms. The molecule has 3 aromatic carbocycles. The Morgan fingerprint density at radius 1 is 0.833 bits per heavy atom. The Kier molecular flexibility index (Phi) is 5.51. The van der Waals surface area contributed by atoms with E-state index in [1.54, 1.807) is 0 Å². The van der Waals surface area contributed by atoms with Gasteiger partial charge in [-0.25, -0.2) is 0 Å². The van der Waals surface area contributed by atoms with E-state index in [4.69, 9.17) is 0 Å². The van der Waals surface area contributed by atoms with Crippen molar-refractivity contribution in [1.29, 1.82) is 10.5 Å². The molecule has 4 nitrogen and oxygen atoms in total. The highest BCUT2D eigenvalue weighted by molar-refractivity contribution is 6.04. The molecule has 0 amide bonds. The number of ketones is 1. The van der Waals surface area contributed by atoms with Crippen molar-refractivity contribution in [3.05, 3.63) is 119 Å². The number of hydrogen-bond donors (Lipinski definition) is 0. The average Bonchev–Trinajstić information content (AvgIpc) is 3.72. The summed E-state index contributed by atoms with van der Waals surface area (Å²) in [4.78, 5) is 16.6. The van der Waals surface area contributed by atoms with Crippen molar-refractivity contribution in [2.24, 2.45) is 11.8 Å². The number of anilines is 1. The molecule has 1 saturated carbocycles. The lowest BCUT2D eigenvalue weighted by atomic mass is 9.73. The highest BCUT2D eigenvalue weighted by atomic mass is 16.1. The zero-order chi connectivity index (χ0) is 24.6. The summed E-state index contributed by atoms with van der Waals surface area (Å²) < 4.78 is 0. The zero-order valence-corrected chi connectivity index (χ0v) is 19.8. The Hall–Kier alpha value is -4.41. The van der Waals surface area contributed by atoms with E-state index < -0.39 is 6.04 Å². The third-order valence-corrected chi connectivity index (χ3v) is 7.80. The summed E-state index contributed by atoms with van der Waals surface area (Å²) in [5.41, 5.74) is 4.97. The van der Waals surface area contributed by atoms with Gasteiger partial charge in [0.1, 0.15) is 23.8 Å². The highest BCUT2D eigenvalue weighted by Crippen LogP contribution is 2.56.